The van der Waals surface area contributed by atoms with Gasteiger partial charge in [-0.2, -0.15) is 0 Å². The fourth-order valence-electron chi connectivity index (χ4n) is 5.25. The summed E-state index contributed by atoms with van der Waals surface area (Å²) in [5.41, 5.74) is -1.04. The van der Waals surface area contributed by atoms with Crippen LogP contribution in [0.15, 0.2) is 35.0 Å². The number of carboxylic acids is 1. The largest absolute Gasteiger partial charge is 0.481 e. The average Bonchev–Trinajstić information content (AvgIpc) is 3.32. The van der Waals surface area contributed by atoms with E-state index in [1.165, 1.54) is 6.26 Å². The summed E-state index contributed by atoms with van der Waals surface area (Å²) in [6.45, 7) is 1.79. The fourth-order valence-corrected chi connectivity index (χ4v) is 5.25. The van der Waals surface area contributed by atoms with E-state index in [9.17, 15) is 19.5 Å². The smallest absolute Gasteiger partial charge is 0.310 e. The van der Waals surface area contributed by atoms with Crippen LogP contribution >= 0.6 is 0 Å². The zero-order valence-electron chi connectivity index (χ0n) is 13.5. The molecule has 0 saturated carbocycles. The second-order valence-electron chi connectivity index (χ2n) is 7.32. The van der Waals surface area contributed by atoms with Crippen LogP contribution in [0.1, 0.15) is 25.1 Å². The van der Waals surface area contributed by atoms with Crippen molar-refractivity contribution in [3.63, 3.8) is 0 Å². The first-order chi connectivity index (χ1) is 12.0. The molecule has 130 valence electrons. The van der Waals surface area contributed by atoms with Crippen LogP contribution in [0.5, 0.6) is 0 Å². The van der Waals surface area contributed by atoms with E-state index in [1.54, 1.807) is 36.1 Å². The van der Waals surface area contributed by atoms with Crippen LogP contribution < -0.4 is 0 Å². The van der Waals surface area contributed by atoms with Crippen molar-refractivity contribution < 1.29 is 28.6 Å². The fraction of sp³-hybridized carbons (Fsp3) is 0.500. The van der Waals surface area contributed by atoms with Crippen molar-refractivity contribution in [2.75, 3.05) is 0 Å². The number of carboxylic acid groups (broad SMARTS) is 1. The molecule has 3 saturated heterocycles. The van der Waals surface area contributed by atoms with Gasteiger partial charge < -0.3 is 19.2 Å². The second kappa shape index (κ2) is 4.60. The number of carbonyl (C=O) groups is 3. The van der Waals surface area contributed by atoms with E-state index in [4.69, 9.17) is 9.15 Å². The molecule has 0 unspecified atom stereocenters. The molecule has 1 aromatic heterocycles. The van der Waals surface area contributed by atoms with E-state index >= 15 is 0 Å². The first kappa shape index (κ1) is 14.9. The Balaban J connectivity index is 1.67. The highest BCUT2D eigenvalue weighted by Gasteiger charge is 2.74. The molecular weight excluding hydrogens is 326 g/mol. The molecule has 4 aliphatic rings. The summed E-state index contributed by atoms with van der Waals surface area (Å²) >= 11 is 0. The molecule has 0 radical (unpaired) electrons. The number of piperidine rings is 1. The standard InChI is InChI=1S/C18H17NO6/c1-8-10(20)7-9(11-3-2-6-24-11)19-15(8)18-5-4-12(25-18)13(17(22)23)14(18)16(19)21/h2-6,8-9,12-15H,7H2,1H3,(H,22,23)/t8-,9-,12-,13+,14+,15+,18+/m1/s1. The van der Waals surface area contributed by atoms with Gasteiger partial charge in [0.05, 0.1) is 30.4 Å². The quantitative estimate of drug-likeness (QED) is 0.810. The summed E-state index contributed by atoms with van der Waals surface area (Å²) < 4.78 is 11.5. The lowest BCUT2D eigenvalue weighted by molar-refractivity contribution is -0.152. The Kier molecular flexibility index (Phi) is 2.74. The van der Waals surface area contributed by atoms with Crippen LogP contribution in [0.2, 0.25) is 0 Å². The molecule has 1 aromatic rings. The maximum Gasteiger partial charge on any atom is 0.310 e. The maximum absolute atomic E-state index is 13.3. The molecule has 7 nitrogen and oxygen atoms in total. The molecule has 1 amide bonds. The number of aliphatic carboxylic acids is 1. The molecule has 5 rings (SSSR count). The van der Waals surface area contributed by atoms with Crippen LogP contribution in [0.4, 0.5) is 0 Å². The van der Waals surface area contributed by atoms with Crippen LogP contribution in [0.25, 0.3) is 0 Å². The van der Waals surface area contributed by atoms with Gasteiger partial charge in [-0.3, -0.25) is 14.4 Å². The number of hydrogen-bond acceptors (Lipinski definition) is 5. The van der Waals surface area contributed by atoms with Gasteiger partial charge >= 0.3 is 5.97 Å². The van der Waals surface area contributed by atoms with Gasteiger partial charge in [-0.25, -0.2) is 0 Å². The highest BCUT2D eigenvalue weighted by atomic mass is 16.5. The van der Waals surface area contributed by atoms with E-state index in [0.29, 0.717) is 5.76 Å². The third-order valence-corrected chi connectivity index (χ3v) is 6.24. The highest BCUT2D eigenvalue weighted by molar-refractivity contribution is 5.95. The first-order valence-corrected chi connectivity index (χ1v) is 8.44. The van der Waals surface area contributed by atoms with Crippen molar-refractivity contribution in [1.82, 2.24) is 4.90 Å². The number of ketones is 1. The van der Waals surface area contributed by atoms with E-state index in [2.05, 4.69) is 0 Å². The van der Waals surface area contributed by atoms with E-state index in [-0.39, 0.29) is 18.1 Å². The molecule has 3 fully saturated rings. The molecule has 25 heavy (non-hydrogen) atoms. The third kappa shape index (κ3) is 1.62. The molecule has 0 aliphatic carbocycles. The summed E-state index contributed by atoms with van der Waals surface area (Å²) in [7, 11) is 0. The number of rotatable bonds is 2. The number of furan rings is 1. The average molecular weight is 343 g/mol. The van der Waals surface area contributed by atoms with Crippen molar-refractivity contribution in [3.05, 3.63) is 36.3 Å². The monoisotopic (exact) mass is 343 g/mol. The van der Waals surface area contributed by atoms with E-state index < -0.39 is 47.5 Å². The van der Waals surface area contributed by atoms with Crippen molar-refractivity contribution in [2.24, 2.45) is 17.8 Å². The van der Waals surface area contributed by atoms with Crippen molar-refractivity contribution in [1.29, 1.82) is 0 Å². The zero-order valence-corrected chi connectivity index (χ0v) is 13.5. The minimum Gasteiger partial charge on any atom is -0.481 e. The van der Waals surface area contributed by atoms with Gasteiger partial charge in [-0.05, 0) is 12.1 Å². The normalized spacial score (nSPS) is 44.3. The van der Waals surface area contributed by atoms with Gasteiger partial charge in [0.2, 0.25) is 5.91 Å². The number of fused-ring (bicyclic) bond motifs is 2. The number of ether oxygens (including phenoxy) is 1. The Hall–Kier alpha value is -2.41. The highest BCUT2D eigenvalue weighted by Crippen LogP contribution is 2.59. The minimum atomic E-state index is -1.04. The van der Waals surface area contributed by atoms with Crippen LogP contribution in [0, 0.1) is 17.8 Å². The minimum absolute atomic E-state index is 0.0321. The topological polar surface area (TPSA) is 97.1 Å². The molecule has 5 heterocycles. The molecule has 1 N–H and O–H groups in total. The van der Waals surface area contributed by atoms with Crippen LogP contribution in [-0.2, 0) is 19.1 Å². The summed E-state index contributed by atoms with van der Waals surface area (Å²) in [5, 5.41) is 9.63. The Labute approximate surface area is 143 Å². The predicted molar refractivity (Wildman–Crippen MR) is 82.2 cm³/mol. The molecular formula is C18H17NO6. The molecule has 0 aromatic carbocycles. The second-order valence-corrected chi connectivity index (χ2v) is 7.32. The van der Waals surface area contributed by atoms with E-state index in [0.717, 1.165) is 0 Å². The van der Waals surface area contributed by atoms with Gasteiger partial charge in [0.25, 0.3) is 0 Å². The summed E-state index contributed by atoms with van der Waals surface area (Å²) in [4.78, 5) is 39.3. The molecule has 4 aliphatic heterocycles. The van der Waals surface area contributed by atoms with Gasteiger partial charge in [0.1, 0.15) is 23.1 Å². The summed E-state index contributed by atoms with van der Waals surface area (Å²) in [6, 6.07) is 2.44. The molecule has 2 bridgehead atoms. The van der Waals surface area contributed by atoms with Crippen molar-refractivity contribution in [3.8, 4) is 0 Å². The number of carbonyl (C=O) groups excluding carboxylic acids is 2. The number of nitrogens with zero attached hydrogens (tertiary/aromatic N) is 1. The van der Waals surface area contributed by atoms with Gasteiger partial charge in [0, 0.05) is 12.3 Å². The molecule has 7 heteroatoms. The van der Waals surface area contributed by atoms with Crippen LogP contribution in [-0.4, -0.2) is 45.4 Å². The van der Waals surface area contributed by atoms with Gasteiger partial charge in [0.15, 0.2) is 0 Å². The summed E-state index contributed by atoms with van der Waals surface area (Å²) in [6.07, 6.45) is 4.59. The first-order valence-electron chi connectivity index (χ1n) is 8.44. The van der Waals surface area contributed by atoms with Gasteiger partial charge in [-0.1, -0.05) is 19.1 Å². The van der Waals surface area contributed by atoms with Crippen molar-refractivity contribution >= 4 is 17.7 Å². The molecule has 7 atom stereocenters. The van der Waals surface area contributed by atoms with Crippen LogP contribution in [0.3, 0.4) is 0 Å². The maximum atomic E-state index is 13.3. The lowest BCUT2D eigenvalue weighted by atomic mass is 9.71. The number of amides is 1. The third-order valence-electron chi connectivity index (χ3n) is 6.24. The Bertz CT molecular complexity index is 814. The predicted octanol–water partition coefficient (Wildman–Crippen LogP) is 1.16. The molecule has 1 spiro atoms. The Morgan fingerprint density at radius 3 is 2.88 bits per heavy atom. The lowest BCUT2D eigenvalue weighted by Gasteiger charge is -2.43. The Morgan fingerprint density at radius 2 is 2.20 bits per heavy atom. The number of Topliss-reactive ketones (excluding diaryl/α,β-unsaturated/α-hetero) is 1. The summed E-state index contributed by atoms with van der Waals surface area (Å²) in [5.74, 6) is -2.85. The van der Waals surface area contributed by atoms with Crippen molar-refractivity contribution in [2.45, 2.75) is 37.1 Å². The lowest BCUT2D eigenvalue weighted by Crippen LogP contribution is -2.55. The zero-order chi connectivity index (χ0) is 17.5. The SMILES string of the molecule is C[C@@H]1C(=O)C[C@H](c2ccco2)N2C(=O)[C@@H]3[C@@H](C(=O)O)[C@H]4C=C[C@@]3(O4)[C@H]12. The van der Waals surface area contributed by atoms with Gasteiger partial charge in [-0.15, -0.1) is 0 Å². The van der Waals surface area contributed by atoms with E-state index in [1.807, 2.05) is 0 Å². The number of hydrogen-bond donors (Lipinski definition) is 1. The Morgan fingerprint density at radius 1 is 1.40 bits per heavy atom.